The highest BCUT2D eigenvalue weighted by atomic mass is 16.3. The summed E-state index contributed by atoms with van der Waals surface area (Å²) in [6.45, 7) is 4.76. The molecule has 1 saturated heterocycles. The highest BCUT2D eigenvalue weighted by molar-refractivity contribution is 6.09. The Balaban J connectivity index is 1.85. The monoisotopic (exact) mass is 394 g/mol. The van der Waals surface area contributed by atoms with Gasteiger partial charge in [0.25, 0.3) is 5.91 Å². The Kier molecular flexibility index (Phi) is 4.87. The number of amides is 1. The van der Waals surface area contributed by atoms with Gasteiger partial charge in [0.05, 0.1) is 17.6 Å². The quantitative estimate of drug-likeness (QED) is 0.524. The van der Waals surface area contributed by atoms with Crippen molar-refractivity contribution in [3.8, 4) is 11.4 Å². The van der Waals surface area contributed by atoms with Crippen molar-refractivity contribution in [1.29, 1.82) is 0 Å². The van der Waals surface area contributed by atoms with Gasteiger partial charge in [-0.1, -0.05) is 6.07 Å². The lowest BCUT2D eigenvalue weighted by molar-refractivity contribution is 0.100. The summed E-state index contributed by atoms with van der Waals surface area (Å²) in [6.07, 6.45) is 5.82. The third-order valence-electron chi connectivity index (χ3n) is 5.73. The van der Waals surface area contributed by atoms with Gasteiger partial charge in [-0.15, -0.1) is 0 Å². The van der Waals surface area contributed by atoms with E-state index in [1.165, 1.54) is 12.8 Å². The lowest BCUT2D eigenvalue weighted by Crippen LogP contribution is -2.21. The largest absolute Gasteiger partial charge is 0.508 e. The average molecular weight is 394 g/mol. The number of carbonyl (C=O) groups is 1. The number of aromatic nitrogens is 3. The summed E-state index contributed by atoms with van der Waals surface area (Å²) >= 11 is 0. The second-order valence-electron chi connectivity index (χ2n) is 7.70. The van der Waals surface area contributed by atoms with E-state index in [1.54, 1.807) is 29.8 Å². The molecule has 152 valence electrons. The Morgan fingerprint density at radius 2 is 2.17 bits per heavy atom. The number of phenols is 1. The fourth-order valence-corrected chi connectivity index (χ4v) is 4.18. The molecule has 0 radical (unpaired) electrons. The van der Waals surface area contributed by atoms with Crippen LogP contribution < -0.4 is 16.8 Å². The molecule has 8 nitrogen and oxygen atoms in total. The zero-order valence-corrected chi connectivity index (χ0v) is 16.7. The predicted octanol–water partition coefficient (Wildman–Crippen LogP) is 2.11. The molecule has 3 aromatic rings. The topological polar surface area (TPSA) is 132 Å². The van der Waals surface area contributed by atoms with Crippen LogP contribution in [0.3, 0.4) is 0 Å². The van der Waals surface area contributed by atoms with Crippen LogP contribution in [0.2, 0.25) is 0 Å². The van der Waals surface area contributed by atoms with Crippen molar-refractivity contribution in [2.24, 2.45) is 5.73 Å². The smallest absolute Gasteiger partial charge is 0.254 e. The van der Waals surface area contributed by atoms with Gasteiger partial charge in [0, 0.05) is 11.6 Å². The molecular formula is C21H26N6O2. The summed E-state index contributed by atoms with van der Waals surface area (Å²) in [4.78, 5) is 21.5. The van der Waals surface area contributed by atoms with E-state index < -0.39 is 5.91 Å². The van der Waals surface area contributed by atoms with Crippen molar-refractivity contribution in [2.75, 3.05) is 12.3 Å². The van der Waals surface area contributed by atoms with Crippen molar-refractivity contribution in [3.05, 3.63) is 40.7 Å². The van der Waals surface area contributed by atoms with Crippen molar-refractivity contribution in [2.45, 2.75) is 45.6 Å². The number of hydrogen-bond donors (Lipinski definition) is 4. The van der Waals surface area contributed by atoms with Crippen molar-refractivity contribution in [1.82, 2.24) is 19.9 Å². The van der Waals surface area contributed by atoms with E-state index >= 15 is 0 Å². The number of benzene rings is 1. The number of primary amides is 1. The summed E-state index contributed by atoms with van der Waals surface area (Å²) in [7, 11) is 0. The van der Waals surface area contributed by atoms with Crippen LogP contribution >= 0.6 is 0 Å². The Morgan fingerprint density at radius 3 is 2.86 bits per heavy atom. The molecule has 1 fully saturated rings. The fourth-order valence-electron chi connectivity index (χ4n) is 4.18. The van der Waals surface area contributed by atoms with Gasteiger partial charge in [-0.2, -0.15) is 0 Å². The molecule has 6 N–H and O–H groups in total. The molecule has 2 aromatic heterocycles. The third kappa shape index (κ3) is 3.29. The van der Waals surface area contributed by atoms with Crippen LogP contribution in [0.1, 0.15) is 46.4 Å². The predicted molar refractivity (Wildman–Crippen MR) is 112 cm³/mol. The first-order chi connectivity index (χ1) is 13.9. The number of anilines is 1. The molecule has 0 spiro atoms. The highest BCUT2D eigenvalue weighted by Crippen LogP contribution is 2.34. The Bertz CT molecular complexity index is 1100. The van der Waals surface area contributed by atoms with Gasteiger partial charge in [-0.05, 0) is 57.7 Å². The molecule has 1 aliphatic rings. The number of hydrogen-bond acceptors (Lipinski definition) is 6. The van der Waals surface area contributed by atoms with E-state index in [2.05, 4.69) is 10.3 Å². The van der Waals surface area contributed by atoms with Crippen LogP contribution in [0.25, 0.3) is 16.9 Å². The molecule has 0 aliphatic carbocycles. The number of fused-ring (bicyclic) bond motifs is 1. The Labute approximate surface area is 168 Å². The molecule has 0 bridgehead atoms. The number of aryl methyl sites for hydroxylation is 2. The normalized spacial score (nSPS) is 16.6. The van der Waals surface area contributed by atoms with Crippen LogP contribution in [0.15, 0.2) is 18.3 Å². The molecule has 8 heteroatoms. The van der Waals surface area contributed by atoms with E-state index in [-0.39, 0.29) is 17.1 Å². The number of nitrogen functional groups attached to an aromatic ring is 1. The van der Waals surface area contributed by atoms with Gasteiger partial charge in [0.15, 0.2) is 5.65 Å². The molecule has 4 rings (SSSR count). The van der Waals surface area contributed by atoms with Crippen LogP contribution in [0.4, 0.5) is 5.82 Å². The van der Waals surface area contributed by atoms with E-state index in [1.807, 2.05) is 6.92 Å². The summed E-state index contributed by atoms with van der Waals surface area (Å²) in [5.74, 6) is -0.328. The van der Waals surface area contributed by atoms with Crippen LogP contribution in [0.5, 0.6) is 5.75 Å². The van der Waals surface area contributed by atoms with E-state index in [0.717, 1.165) is 30.6 Å². The molecule has 1 aromatic carbocycles. The number of phenolic OH excluding ortho intramolecular Hbond substituents is 1. The number of nitrogens with zero attached hydrogens (tertiary/aromatic N) is 3. The molecule has 1 atom stereocenters. The van der Waals surface area contributed by atoms with Crippen molar-refractivity contribution < 1.29 is 9.90 Å². The molecular weight excluding hydrogens is 368 g/mol. The van der Waals surface area contributed by atoms with E-state index in [4.69, 9.17) is 16.5 Å². The van der Waals surface area contributed by atoms with E-state index in [9.17, 15) is 9.90 Å². The van der Waals surface area contributed by atoms with Gasteiger partial charge in [0.1, 0.15) is 22.6 Å². The zero-order chi connectivity index (χ0) is 20.7. The number of rotatable bonds is 5. The van der Waals surface area contributed by atoms with E-state index in [0.29, 0.717) is 28.5 Å². The SMILES string of the molecule is Cc1ccc(O)c(C)c1-n1c(N)c(C(N)=O)c2nc(CCC3CCCN3)cnc21. The summed E-state index contributed by atoms with van der Waals surface area (Å²) in [5.41, 5.74) is 16.0. The van der Waals surface area contributed by atoms with Gasteiger partial charge >= 0.3 is 0 Å². The first-order valence-electron chi connectivity index (χ1n) is 9.87. The molecule has 0 saturated carbocycles. The Hall–Kier alpha value is -3.13. The van der Waals surface area contributed by atoms with Crippen LogP contribution in [-0.4, -0.2) is 38.1 Å². The number of nitrogens with one attached hydrogen (secondary N) is 1. The van der Waals surface area contributed by atoms with Crippen molar-refractivity contribution in [3.63, 3.8) is 0 Å². The molecule has 1 unspecified atom stereocenters. The standard InChI is InChI=1S/C21H26N6O2/c1-11-5-8-15(28)12(2)18(11)27-19(22)16(20(23)29)17-21(27)25-10-14(26-17)7-6-13-4-3-9-24-13/h5,8,10,13,24,28H,3-4,6-7,9,22H2,1-2H3,(H2,23,29). The highest BCUT2D eigenvalue weighted by Gasteiger charge is 2.25. The minimum Gasteiger partial charge on any atom is -0.508 e. The van der Waals surface area contributed by atoms with Crippen LogP contribution in [-0.2, 0) is 6.42 Å². The molecule has 3 heterocycles. The molecule has 1 aliphatic heterocycles. The summed E-state index contributed by atoms with van der Waals surface area (Å²) in [5, 5.41) is 13.7. The Morgan fingerprint density at radius 1 is 1.38 bits per heavy atom. The molecule has 1 amide bonds. The van der Waals surface area contributed by atoms with Gasteiger partial charge in [-0.3, -0.25) is 9.36 Å². The maximum atomic E-state index is 12.2. The van der Waals surface area contributed by atoms with Crippen molar-refractivity contribution >= 4 is 22.9 Å². The maximum absolute atomic E-state index is 12.2. The first kappa shape index (κ1) is 19.2. The summed E-state index contributed by atoms with van der Waals surface area (Å²) < 4.78 is 1.66. The average Bonchev–Trinajstić information content (AvgIpc) is 3.29. The minimum atomic E-state index is -0.648. The van der Waals surface area contributed by atoms with Gasteiger partial charge in [-0.25, -0.2) is 9.97 Å². The summed E-state index contributed by atoms with van der Waals surface area (Å²) in [6, 6.07) is 3.92. The lowest BCUT2D eigenvalue weighted by atomic mass is 10.1. The second kappa shape index (κ2) is 7.36. The van der Waals surface area contributed by atoms with Gasteiger partial charge in [0.2, 0.25) is 0 Å². The molecule has 29 heavy (non-hydrogen) atoms. The second-order valence-corrected chi connectivity index (χ2v) is 7.70. The zero-order valence-electron chi connectivity index (χ0n) is 16.7. The lowest BCUT2D eigenvalue weighted by Gasteiger charge is -2.15. The van der Waals surface area contributed by atoms with Gasteiger partial charge < -0.3 is 21.9 Å². The van der Waals surface area contributed by atoms with Crippen LogP contribution in [0, 0.1) is 13.8 Å². The third-order valence-corrected chi connectivity index (χ3v) is 5.73. The first-order valence-corrected chi connectivity index (χ1v) is 9.87. The maximum Gasteiger partial charge on any atom is 0.254 e. The minimum absolute atomic E-state index is 0.140. The number of aromatic hydroxyl groups is 1. The number of carbonyl (C=O) groups excluding carboxylic acids is 1. The fraction of sp³-hybridized carbons (Fsp3) is 0.381. The number of nitrogens with two attached hydrogens (primary N) is 2.